The maximum absolute atomic E-state index is 13.1. The van der Waals surface area contributed by atoms with E-state index in [4.69, 9.17) is 10.8 Å². The van der Waals surface area contributed by atoms with E-state index < -0.39 is 5.82 Å². The van der Waals surface area contributed by atoms with Gasteiger partial charge >= 0.3 is 0 Å². The van der Waals surface area contributed by atoms with Gasteiger partial charge in [-0.3, -0.25) is 15.4 Å². The molecule has 86 valence electrons. The second-order valence-corrected chi connectivity index (χ2v) is 4.11. The van der Waals surface area contributed by atoms with Gasteiger partial charge in [0.2, 0.25) is 5.96 Å². The third-order valence-corrected chi connectivity index (χ3v) is 2.97. The van der Waals surface area contributed by atoms with Crippen LogP contribution in [0.25, 0.3) is 0 Å². The molecule has 16 heavy (non-hydrogen) atoms. The van der Waals surface area contributed by atoms with Gasteiger partial charge in [0, 0.05) is 18.8 Å². The Morgan fingerprint density at radius 2 is 2.25 bits per heavy atom. The summed E-state index contributed by atoms with van der Waals surface area (Å²) in [5.41, 5.74) is 0.130. The maximum Gasteiger partial charge on any atom is 0.204 e. The molecular formula is C11H15FN4. The van der Waals surface area contributed by atoms with Crippen LogP contribution >= 0.6 is 0 Å². The Hall–Kier alpha value is -1.65. The van der Waals surface area contributed by atoms with Crippen LogP contribution < -0.4 is 5.49 Å². The van der Waals surface area contributed by atoms with Gasteiger partial charge in [-0.05, 0) is 31.9 Å². The van der Waals surface area contributed by atoms with Crippen LogP contribution in [0.4, 0.5) is 4.39 Å². The second kappa shape index (κ2) is 4.08. The zero-order valence-corrected chi connectivity index (χ0v) is 9.20. The summed E-state index contributed by atoms with van der Waals surface area (Å²) in [7, 11) is 0. The highest BCUT2D eigenvalue weighted by Gasteiger charge is 2.23. The van der Waals surface area contributed by atoms with Crippen LogP contribution in [-0.2, 0) is 0 Å². The van der Waals surface area contributed by atoms with Crippen LogP contribution in [-0.4, -0.2) is 28.0 Å². The van der Waals surface area contributed by atoms with Crippen molar-refractivity contribution in [2.45, 2.75) is 25.8 Å². The van der Waals surface area contributed by atoms with E-state index in [-0.39, 0.29) is 11.4 Å². The Morgan fingerprint density at radius 3 is 2.88 bits per heavy atom. The van der Waals surface area contributed by atoms with E-state index >= 15 is 0 Å². The third-order valence-electron chi connectivity index (χ3n) is 2.97. The Balaban J connectivity index is 2.33. The molecule has 2 N–H and O–H groups in total. The van der Waals surface area contributed by atoms with Crippen LogP contribution in [0.5, 0.6) is 0 Å². The molecule has 0 aliphatic carbocycles. The minimum Gasteiger partial charge on any atom is -0.340 e. The minimum atomic E-state index is -0.424. The quantitative estimate of drug-likeness (QED) is 0.505. The summed E-state index contributed by atoms with van der Waals surface area (Å²) in [6.45, 7) is 2.86. The van der Waals surface area contributed by atoms with Crippen molar-refractivity contribution in [2.75, 3.05) is 6.54 Å². The predicted octanol–water partition coefficient (Wildman–Crippen LogP) is 1.37. The summed E-state index contributed by atoms with van der Waals surface area (Å²) in [6, 6.07) is 2.90. The molecule has 5 heteroatoms. The molecule has 0 saturated carbocycles. The number of likely N-dealkylation sites (tertiary alicyclic amines) is 1. The molecule has 1 fully saturated rings. The van der Waals surface area contributed by atoms with Gasteiger partial charge in [0.05, 0.1) is 0 Å². The number of pyridine rings is 1. The molecule has 4 nitrogen and oxygen atoms in total. The fourth-order valence-electron chi connectivity index (χ4n) is 2.04. The van der Waals surface area contributed by atoms with Gasteiger partial charge in [0.1, 0.15) is 11.3 Å². The fraction of sp³-hybridized carbons (Fsp3) is 0.455. The maximum atomic E-state index is 13.1. The van der Waals surface area contributed by atoms with E-state index in [0.717, 1.165) is 19.4 Å². The number of hydrogen-bond acceptors (Lipinski definition) is 2. The molecule has 1 aliphatic heterocycles. The van der Waals surface area contributed by atoms with Crippen molar-refractivity contribution < 1.29 is 4.39 Å². The van der Waals surface area contributed by atoms with Crippen LogP contribution in [0.3, 0.4) is 0 Å². The molecule has 1 aromatic heterocycles. The van der Waals surface area contributed by atoms with Crippen LogP contribution in [0.2, 0.25) is 0 Å². The lowest BCUT2D eigenvalue weighted by Crippen LogP contribution is -2.42. The monoisotopic (exact) mass is 222 g/mol. The Bertz CT molecular complexity index is 465. The molecule has 1 saturated heterocycles. The number of hydrogen-bond donors (Lipinski definition) is 2. The van der Waals surface area contributed by atoms with E-state index in [1.54, 1.807) is 0 Å². The van der Waals surface area contributed by atoms with Crippen molar-refractivity contribution >= 4 is 5.96 Å². The van der Waals surface area contributed by atoms with Gasteiger partial charge in [-0.25, -0.2) is 4.39 Å². The summed E-state index contributed by atoms with van der Waals surface area (Å²) < 4.78 is 14.3. The van der Waals surface area contributed by atoms with Gasteiger partial charge in [-0.2, -0.15) is 0 Å². The highest BCUT2D eigenvalue weighted by atomic mass is 19.1. The molecule has 1 aromatic rings. The predicted molar refractivity (Wildman–Crippen MR) is 58.8 cm³/mol. The van der Waals surface area contributed by atoms with Crippen molar-refractivity contribution in [3.05, 3.63) is 29.6 Å². The van der Waals surface area contributed by atoms with Crippen LogP contribution in [0.15, 0.2) is 18.3 Å². The summed E-state index contributed by atoms with van der Waals surface area (Å²) >= 11 is 0. The highest BCUT2D eigenvalue weighted by Crippen LogP contribution is 2.16. The topological polar surface area (TPSA) is 55.9 Å². The van der Waals surface area contributed by atoms with E-state index in [9.17, 15) is 4.39 Å². The average Bonchev–Trinajstić information content (AvgIpc) is 2.67. The molecule has 1 unspecified atom stereocenters. The van der Waals surface area contributed by atoms with E-state index in [0.29, 0.717) is 6.04 Å². The van der Waals surface area contributed by atoms with Crippen LogP contribution in [0.1, 0.15) is 19.8 Å². The van der Waals surface area contributed by atoms with Gasteiger partial charge in [0.15, 0.2) is 0 Å². The summed E-state index contributed by atoms with van der Waals surface area (Å²) in [5.74, 6) is -0.234. The van der Waals surface area contributed by atoms with Crippen molar-refractivity contribution in [2.24, 2.45) is 0 Å². The zero-order valence-electron chi connectivity index (χ0n) is 9.20. The van der Waals surface area contributed by atoms with Gasteiger partial charge < -0.3 is 4.90 Å². The first-order chi connectivity index (χ1) is 7.59. The lowest BCUT2D eigenvalue weighted by Gasteiger charge is -2.25. The highest BCUT2D eigenvalue weighted by molar-refractivity contribution is 5.79. The molecule has 2 heterocycles. The summed E-state index contributed by atoms with van der Waals surface area (Å²) in [4.78, 5) is 1.90. The molecule has 2 rings (SSSR count). The molecule has 1 atom stereocenters. The van der Waals surface area contributed by atoms with Crippen molar-refractivity contribution in [1.82, 2.24) is 9.47 Å². The van der Waals surface area contributed by atoms with Crippen molar-refractivity contribution in [1.29, 1.82) is 10.8 Å². The smallest absolute Gasteiger partial charge is 0.204 e. The lowest BCUT2D eigenvalue weighted by atomic mass is 10.2. The minimum absolute atomic E-state index is 0.130. The molecule has 1 aliphatic rings. The van der Waals surface area contributed by atoms with Gasteiger partial charge in [0.25, 0.3) is 0 Å². The first-order valence-electron chi connectivity index (χ1n) is 5.38. The normalized spacial score (nSPS) is 20.1. The standard InChI is InChI=1S/C11H15FN4/c1-8-3-2-6-15(8)11(14)16-7-9(12)4-5-10(16)13/h4-5,7-8,13-14H,2-3,6H2,1H3. The van der Waals surface area contributed by atoms with Crippen LogP contribution in [0, 0.1) is 16.6 Å². The van der Waals surface area contributed by atoms with Crippen molar-refractivity contribution in [3.8, 4) is 0 Å². The number of rotatable bonds is 0. The molecule has 0 bridgehead atoms. The fourth-order valence-corrected chi connectivity index (χ4v) is 2.04. The summed E-state index contributed by atoms with van der Waals surface area (Å²) in [5, 5.41) is 15.7. The SMILES string of the molecule is CC1CCCN1C(=N)n1cc(F)ccc1=N. The molecule has 0 radical (unpaired) electrons. The molecule has 0 spiro atoms. The number of aromatic nitrogens is 1. The molecule has 0 amide bonds. The number of halogens is 1. The van der Waals surface area contributed by atoms with E-state index in [1.165, 1.54) is 22.9 Å². The molecular weight excluding hydrogens is 207 g/mol. The molecule has 0 aromatic carbocycles. The third kappa shape index (κ3) is 1.85. The first-order valence-corrected chi connectivity index (χ1v) is 5.38. The second-order valence-electron chi connectivity index (χ2n) is 4.11. The Kier molecular flexibility index (Phi) is 2.77. The zero-order chi connectivity index (χ0) is 11.7. The van der Waals surface area contributed by atoms with Gasteiger partial charge in [-0.15, -0.1) is 0 Å². The van der Waals surface area contributed by atoms with E-state index in [1.807, 2.05) is 11.8 Å². The first kappa shape index (κ1) is 10.9. The lowest BCUT2D eigenvalue weighted by molar-refractivity contribution is 0.396. The number of nitrogens with zero attached hydrogens (tertiary/aromatic N) is 2. The van der Waals surface area contributed by atoms with E-state index in [2.05, 4.69) is 0 Å². The Labute approximate surface area is 93.3 Å². The van der Waals surface area contributed by atoms with Crippen molar-refractivity contribution in [3.63, 3.8) is 0 Å². The largest absolute Gasteiger partial charge is 0.340 e. The van der Waals surface area contributed by atoms with Gasteiger partial charge in [-0.1, -0.05) is 0 Å². The number of nitrogens with one attached hydrogen (secondary N) is 2. The summed E-state index contributed by atoms with van der Waals surface area (Å²) in [6.07, 6.45) is 3.29. The average molecular weight is 222 g/mol. The Morgan fingerprint density at radius 1 is 1.50 bits per heavy atom.